The van der Waals surface area contributed by atoms with Gasteiger partial charge in [-0.3, -0.25) is 0 Å². The third-order valence-corrected chi connectivity index (χ3v) is 3.11. The second-order valence-electron chi connectivity index (χ2n) is 4.37. The molecule has 0 amide bonds. The molecule has 0 heterocycles. The second-order valence-corrected chi connectivity index (χ2v) is 4.37. The summed E-state index contributed by atoms with van der Waals surface area (Å²) < 4.78 is 10.6. The first-order chi connectivity index (χ1) is 8.76. The smallest absolute Gasteiger partial charge is 0.161 e. The zero-order chi connectivity index (χ0) is 13.4. The van der Waals surface area contributed by atoms with Crippen molar-refractivity contribution < 1.29 is 9.47 Å². The second kappa shape index (κ2) is 7.98. The number of hydrogen-bond donors (Lipinski definition) is 1. The Morgan fingerprint density at radius 2 is 1.83 bits per heavy atom. The quantitative estimate of drug-likeness (QED) is 0.766. The zero-order valence-corrected chi connectivity index (χ0v) is 12.0. The summed E-state index contributed by atoms with van der Waals surface area (Å²) in [5.41, 5.74) is 1.27. The van der Waals surface area contributed by atoms with Crippen molar-refractivity contribution in [3.05, 3.63) is 23.8 Å². The molecule has 0 aliphatic rings. The Kier molecular flexibility index (Phi) is 6.58. The molecule has 0 saturated heterocycles. The lowest BCUT2D eigenvalue weighted by molar-refractivity contribution is 0.353. The lowest BCUT2D eigenvalue weighted by Gasteiger charge is -2.19. The van der Waals surface area contributed by atoms with Crippen molar-refractivity contribution in [2.45, 2.75) is 39.2 Å². The summed E-state index contributed by atoms with van der Waals surface area (Å²) in [4.78, 5) is 0. The lowest BCUT2D eigenvalue weighted by atomic mass is 10.0. The van der Waals surface area contributed by atoms with Crippen LogP contribution in [0.15, 0.2) is 18.2 Å². The predicted octanol–water partition coefficient (Wildman–Crippen LogP) is 3.54. The standard InChI is InChI=1S/C15H25NO2/c1-5-7-8-13(16-6-2)12-9-10-14(17-3)15(11-12)18-4/h9-11,13,16H,5-8H2,1-4H3. The number of unbranched alkanes of at least 4 members (excludes halogenated alkanes) is 1. The van der Waals surface area contributed by atoms with Gasteiger partial charge in [0.1, 0.15) is 0 Å². The monoisotopic (exact) mass is 251 g/mol. The van der Waals surface area contributed by atoms with E-state index in [0.717, 1.165) is 24.5 Å². The van der Waals surface area contributed by atoms with Gasteiger partial charge in [-0.05, 0) is 30.7 Å². The Bertz CT molecular complexity index is 352. The summed E-state index contributed by atoms with van der Waals surface area (Å²) in [6.07, 6.45) is 3.60. The van der Waals surface area contributed by atoms with Crippen LogP contribution < -0.4 is 14.8 Å². The minimum Gasteiger partial charge on any atom is -0.493 e. The summed E-state index contributed by atoms with van der Waals surface area (Å²) in [6, 6.07) is 6.56. The molecule has 0 bridgehead atoms. The van der Waals surface area contributed by atoms with E-state index in [2.05, 4.69) is 31.3 Å². The van der Waals surface area contributed by atoms with Crippen LogP contribution in [0.2, 0.25) is 0 Å². The molecule has 0 aliphatic heterocycles. The van der Waals surface area contributed by atoms with Gasteiger partial charge in [0, 0.05) is 6.04 Å². The first kappa shape index (κ1) is 14.8. The van der Waals surface area contributed by atoms with Gasteiger partial charge >= 0.3 is 0 Å². The molecule has 3 nitrogen and oxygen atoms in total. The number of rotatable bonds is 8. The number of methoxy groups -OCH3 is 2. The topological polar surface area (TPSA) is 30.5 Å². The summed E-state index contributed by atoms with van der Waals surface area (Å²) in [6.45, 7) is 5.33. The van der Waals surface area contributed by atoms with Gasteiger partial charge in [-0.1, -0.05) is 32.8 Å². The van der Waals surface area contributed by atoms with Crippen LogP contribution in [-0.2, 0) is 0 Å². The van der Waals surface area contributed by atoms with Crippen LogP contribution in [0, 0.1) is 0 Å². The fraction of sp³-hybridized carbons (Fsp3) is 0.600. The molecule has 102 valence electrons. The van der Waals surface area contributed by atoms with Gasteiger partial charge in [0.25, 0.3) is 0 Å². The Morgan fingerprint density at radius 3 is 2.39 bits per heavy atom. The molecular weight excluding hydrogens is 226 g/mol. The van der Waals surface area contributed by atoms with E-state index in [1.165, 1.54) is 18.4 Å². The fourth-order valence-corrected chi connectivity index (χ4v) is 2.11. The first-order valence-electron chi connectivity index (χ1n) is 6.72. The normalized spacial score (nSPS) is 12.2. The summed E-state index contributed by atoms with van der Waals surface area (Å²) in [5.74, 6) is 1.58. The van der Waals surface area contributed by atoms with Crippen LogP contribution in [0.5, 0.6) is 11.5 Å². The van der Waals surface area contributed by atoms with Crippen LogP contribution in [0.3, 0.4) is 0 Å². The van der Waals surface area contributed by atoms with Crippen LogP contribution in [-0.4, -0.2) is 20.8 Å². The van der Waals surface area contributed by atoms with Gasteiger partial charge in [-0.2, -0.15) is 0 Å². The average Bonchev–Trinajstić information content (AvgIpc) is 2.42. The average molecular weight is 251 g/mol. The highest BCUT2D eigenvalue weighted by Gasteiger charge is 2.12. The molecule has 0 aliphatic carbocycles. The van der Waals surface area contributed by atoms with Crippen molar-refractivity contribution in [1.82, 2.24) is 5.32 Å². The summed E-state index contributed by atoms with van der Waals surface area (Å²) >= 11 is 0. The Hall–Kier alpha value is -1.22. The fourth-order valence-electron chi connectivity index (χ4n) is 2.11. The van der Waals surface area contributed by atoms with E-state index in [0.29, 0.717) is 6.04 Å². The molecule has 0 radical (unpaired) electrons. The highest BCUT2D eigenvalue weighted by molar-refractivity contribution is 5.43. The van der Waals surface area contributed by atoms with Crippen LogP contribution >= 0.6 is 0 Å². The van der Waals surface area contributed by atoms with E-state index in [1.54, 1.807) is 14.2 Å². The maximum absolute atomic E-state index is 5.36. The predicted molar refractivity (Wildman–Crippen MR) is 75.5 cm³/mol. The lowest BCUT2D eigenvalue weighted by Crippen LogP contribution is -2.20. The number of nitrogens with one attached hydrogen (secondary N) is 1. The molecule has 1 rings (SSSR count). The number of ether oxygens (including phenoxy) is 2. The largest absolute Gasteiger partial charge is 0.493 e. The van der Waals surface area contributed by atoms with E-state index in [1.807, 2.05) is 6.07 Å². The Labute approximate surface area is 110 Å². The minimum absolute atomic E-state index is 0.398. The highest BCUT2D eigenvalue weighted by atomic mass is 16.5. The maximum atomic E-state index is 5.36. The van der Waals surface area contributed by atoms with E-state index in [9.17, 15) is 0 Å². The molecule has 0 fully saturated rings. The van der Waals surface area contributed by atoms with Gasteiger partial charge in [0.2, 0.25) is 0 Å². The van der Waals surface area contributed by atoms with Gasteiger partial charge in [-0.25, -0.2) is 0 Å². The van der Waals surface area contributed by atoms with Crippen molar-refractivity contribution in [1.29, 1.82) is 0 Å². The molecule has 1 atom stereocenters. The molecular formula is C15H25NO2. The first-order valence-corrected chi connectivity index (χ1v) is 6.72. The maximum Gasteiger partial charge on any atom is 0.161 e. The van der Waals surface area contributed by atoms with E-state index < -0.39 is 0 Å². The van der Waals surface area contributed by atoms with Crippen molar-refractivity contribution in [3.63, 3.8) is 0 Å². The van der Waals surface area contributed by atoms with Gasteiger partial charge in [0.05, 0.1) is 14.2 Å². The summed E-state index contributed by atoms with van der Waals surface area (Å²) in [5, 5.41) is 3.53. The van der Waals surface area contributed by atoms with Crippen molar-refractivity contribution in [3.8, 4) is 11.5 Å². The van der Waals surface area contributed by atoms with Crippen LogP contribution in [0.4, 0.5) is 0 Å². The number of benzene rings is 1. The van der Waals surface area contributed by atoms with Gasteiger partial charge in [0.15, 0.2) is 11.5 Å². The Morgan fingerprint density at radius 1 is 1.11 bits per heavy atom. The molecule has 0 saturated carbocycles. The third kappa shape index (κ3) is 3.91. The summed E-state index contributed by atoms with van der Waals surface area (Å²) in [7, 11) is 3.34. The Balaban J connectivity index is 2.89. The molecule has 3 heteroatoms. The molecule has 18 heavy (non-hydrogen) atoms. The third-order valence-electron chi connectivity index (χ3n) is 3.11. The van der Waals surface area contributed by atoms with Crippen molar-refractivity contribution in [2.24, 2.45) is 0 Å². The SMILES string of the molecule is CCCCC(NCC)c1ccc(OC)c(OC)c1. The highest BCUT2D eigenvalue weighted by Crippen LogP contribution is 2.31. The zero-order valence-electron chi connectivity index (χ0n) is 12.0. The molecule has 1 aromatic rings. The molecule has 0 spiro atoms. The van der Waals surface area contributed by atoms with E-state index in [4.69, 9.17) is 9.47 Å². The van der Waals surface area contributed by atoms with Crippen LogP contribution in [0.25, 0.3) is 0 Å². The van der Waals surface area contributed by atoms with Gasteiger partial charge in [-0.15, -0.1) is 0 Å². The minimum atomic E-state index is 0.398. The molecule has 1 aromatic carbocycles. The van der Waals surface area contributed by atoms with E-state index in [-0.39, 0.29) is 0 Å². The molecule has 1 unspecified atom stereocenters. The molecule has 1 N–H and O–H groups in total. The van der Waals surface area contributed by atoms with E-state index >= 15 is 0 Å². The van der Waals surface area contributed by atoms with Crippen molar-refractivity contribution >= 4 is 0 Å². The molecule has 0 aromatic heterocycles. The number of hydrogen-bond acceptors (Lipinski definition) is 3. The van der Waals surface area contributed by atoms with Crippen LogP contribution in [0.1, 0.15) is 44.7 Å². The van der Waals surface area contributed by atoms with Gasteiger partial charge < -0.3 is 14.8 Å². The van der Waals surface area contributed by atoms with Crippen molar-refractivity contribution in [2.75, 3.05) is 20.8 Å².